The van der Waals surface area contributed by atoms with Crippen LogP contribution in [0.4, 0.5) is 0 Å². The van der Waals surface area contributed by atoms with Gasteiger partial charge in [0.15, 0.2) is 0 Å². The van der Waals surface area contributed by atoms with Crippen molar-refractivity contribution in [3.63, 3.8) is 0 Å². The number of esters is 1. The van der Waals surface area contributed by atoms with Gasteiger partial charge in [0.05, 0.1) is 18.8 Å². The summed E-state index contributed by atoms with van der Waals surface area (Å²) in [6, 6.07) is -0.0295. The van der Waals surface area contributed by atoms with Gasteiger partial charge in [-0.15, -0.1) is 0 Å². The summed E-state index contributed by atoms with van der Waals surface area (Å²) >= 11 is 5.62. The third-order valence-corrected chi connectivity index (χ3v) is 2.31. The van der Waals surface area contributed by atoms with Gasteiger partial charge in [-0.25, -0.2) is 4.79 Å². The van der Waals surface area contributed by atoms with E-state index in [1.807, 2.05) is 13.8 Å². The number of hydrogen-bond acceptors (Lipinski definition) is 5. The average molecular weight is 251 g/mol. The van der Waals surface area contributed by atoms with E-state index >= 15 is 0 Å². The summed E-state index contributed by atoms with van der Waals surface area (Å²) in [7, 11) is 1.63. The predicted octanol–water partition coefficient (Wildman–Crippen LogP) is 1.50. The third-order valence-electron chi connectivity index (χ3n) is 2.07. The summed E-state index contributed by atoms with van der Waals surface area (Å²) in [6.07, 6.45) is 0.868. The molecule has 0 aromatic carbocycles. The highest BCUT2D eigenvalue weighted by Crippen LogP contribution is 2.02. The van der Waals surface area contributed by atoms with Gasteiger partial charge in [-0.05, 0) is 20.3 Å². The standard InChI is InChI=1S/C10H19ClN2O3/c1-5-8(15-4)7(3)12-13-9(11)10(14)16-6-2/h7-8,12H,5-6H2,1-4H3/b13-9-/t7-,8?/m1/s1. The lowest BCUT2D eigenvalue weighted by Gasteiger charge is -2.20. The van der Waals surface area contributed by atoms with E-state index in [0.29, 0.717) is 0 Å². The minimum absolute atomic E-state index is 0.0235. The SMILES string of the molecule is CCOC(=O)/C(Cl)=N/N[C@H](C)C(CC)OC. The predicted molar refractivity (Wildman–Crippen MR) is 63.6 cm³/mol. The molecule has 1 N–H and O–H groups in total. The number of ether oxygens (including phenoxy) is 2. The molecule has 1 unspecified atom stereocenters. The highest BCUT2D eigenvalue weighted by Gasteiger charge is 2.15. The Balaban J connectivity index is 4.19. The van der Waals surface area contributed by atoms with E-state index in [9.17, 15) is 4.79 Å². The minimum Gasteiger partial charge on any atom is -0.461 e. The summed E-state index contributed by atoms with van der Waals surface area (Å²) < 4.78 is 9.89. The Morgan fingerprint density at radius 1 is 1.50 bits per heavy atom. The van der Waals surface area contributed by atoms with Crippen LogP contribution in [-0.2, 0) is 14.3 Å². The van der Waals surface area contributed by atoms with Gasteiger partial charge in [-0.2, -0.15) is 5.10 Å². The average Bonchev–Trinajstić information content (AvgIpc) is 2.27. The first-order valence-electron chi connectivity index (χ1n) is 5.25. The fourth-order valence-corrected chi connectivity index (χ4v) is 1.31. The number of carbonyl (C=O) groups excluding carboxylic acids is 1. The van der Waals surface area contributed by atoms with E-state index in [1.165, 1.54) is 0 Å². The number of nitrogens with zero attached hydrogens (tertiary/aromatic N) is 1. The third kappa shape index (κ3) is 5.32. The van der Waals surface area contributed by atoms with Crippen LogP contribution in [-0.4, -0.2) is 37.0 Å². The van der Waals surface area contributed by atoms with Crippen LogP contribution < -0.4 is 5.43 Å². The van der Waals surface area contributed by atoms with Crippen LogP contribution in [0.2, 0.25) is 0 Å². The minimum atomic E-state index is -0.630. The van der Waals surface area contributed by atoms with Crippen LogP contribution in [0.3, 0.4) is 0 Å². The van der Waals surface area contributed by atoms with Gasteiger partial charge >= 0.3 is 5.97 Å². The molecule has 6 heteroatoms. The van der Waals surface area contributed by atoms with Crippen LogP contribution in [0.25, 0.3) is 0 Å². The van der Waals surface area contributed by atoms with E-state index < -0.39 is 5.97 Å². The molecule has 0 saturated heterocycles. The van der Waals surface area contributed by atoms with Gasteiger partial charge in [0.25, 0.3) is 0 Å². The molecule has 0 fully saturated rings. The molecule has 2 atom stereocenters. The van der Waals surface area contributed by atoms with Crippen LogP contribution in [0.5, 0.6) is 0 Å². The smallest absolute Gasteiger partial charge is 0.370 e. The van der Waals surface area contributed by atoms with E-state index in [2.05, 4.69) is 15.3 Å². The lowest BCUT2D eigenvalue weighted by Crippen LogP contribution is -2.36. The van der Waals surface area contributed by atoms with Gasteiger partial charge in [0.2, 0.25) is 5.17 Å². The van der Waals surface area contributed by atoms with Crippen molar-refractivity contribution in [1.29, 1.82) is 0 Å². The largest absolute Gasteiger partial charge is 0.461 e. The lowest BCUT2D eigenvalue weighted by molar-refractivity contribution is -0.134. The van der Waals surface area contributed by atoms with Gasteiger partial charge in [-0.3, -0.25) is 0 Å². The quantitative estimate of drug-likeness (QED) is 0.423. The van der Waals surface area contributed by atoms with E-state index in [-0.39, 0.29) is 23.9 Å². The van der Waals surface area contributed by atoms with Crippen molar-refractivity contribution < 1.29 is 14.3 Å². The fourth-order valence-electron chi connectivity index (χ4n) is 1.20. The number of halogens is 1. The number of methoxy groups -OCH3 is 1. The van der Waals surface area contributed by atoms with Crippen molar-refractivity contribution in [3.8, 4) is 0 Å². The highest BCUT2D eigenvalue weighted by atomic mass is 35.5. The molecule has 0 spiro atoms. The van der Waals surface area contributed by atoms with Gasteiger partial charge < -0.3 is 14.9 Å². The van der Waals surface area contributed by atoms with Gasteiger partial charge in [-0.1, -0.05) is 18.5 Å². The second kappa shape index (κ2) is 8.35. The molecule has 0 heterocycles. The Kier molecular flexibility index (Phi) is 7.93. The molecular formula is C10H19ClN2O3. The molecule has 16 heavy (non-hydrogen) atoms. The zero-order valence-electron chi connectivity index (χ0n) is 10.1. The van der Waals surface area contributed by atoms with Crippen molar-refractivity contribution >= 4 is 22.7 Å². The Labute approximate surface area is 101 Å². The van der Waals surface area contributed by atoms with Crippen molar-refractivity contribution in [1.82, 2.24) is 5.43 Å². The second-order valence-corrected chi connectivity index (χ2v) is 3.58. The number of carbonyl (C=O) groups is 1. The first-order chi connectivity index (χ1) is 7.56. The second-order valence-electron chi connectivity index (χ2n) is 3.22. The van der Waals surface area contributed by atoms with Crippen LogP contribution in [0.15, 0.2) is 5.10 Å². The molecule has 0 saturated carbocycles. The van der Waals surface area contributed by atoms with Crippen molar-refractivity contribution in [2.75, 3.05) is 13.7 Å². The van der Waals surface area contributed by atoms with Gasteiger partial charge in [0, 0.05) is 7.11 Å². The number of rotatable bonds is 7. The Bertz CT molecular complexity index is 242. The Morgan fingerprint density at radius 3 is 2.56 bits per heavy atom. The molecule has 0 aromatic rings. The molecule has 0 rings (SSSR count). The van der Waals surface area contributed by atoms with Crippen LogP contribution >= 0.6 is 11.6 Å². The first kappa shape index (κ1) is 15.2. The Morgan fingerprint density at radius 2 is 2.12 bits per heavy atom. The number of hydrogen-bond donors (Lipinski definition) is 1. The first-order valence-corrected chi connectivity index (χ1v) is 5.63. The monoisotopic (exact) mass is 250 g/mol. The van der Waals surface area contributed by atoms with Crippen molar-refractivity contribution in [3.05, 3.63) is 0 Å². The topological polar surface area (TPSA) is 59.9 Å². The zero-order valence-corrected chi connectivity index (χ0v) is 10.9. The molecule has 5 nitrogen and oxygen atoms in total. The molecule has 0 aliphatic heterocycles. The maximum atomic E-state index is 11.1. The summed E-state index contributed by atoms with van der Waals surface area (Å²) in [5, 5.41) is 3.53. The van der Waals surface area contributed by atoms with Crippen LogP contribution in [0, 0.1) is 0 Å². The highest BCUT2D eigenvalue weighted by molar-refractivity contribution is 6.81. The fraction of sp³-hybridized carbons (Fsp3) is 0.800. The molecule has 0 aromatic heterocycles. The lowest BCUT2D eigenvalue weighted by atomic mass is 10.1. The zero-order chi connectivity index (χ0) is 12.6. The maximum absolute atomic E-state index is 11.1. The molecule has 0 aliphatic rings. The van der Waals surface area contributed by atoms with E-state index in [0.717, 1.165) is 6.42 Å². The van der Waals surface area contributed by atoms with E-state index in [4.69, 9.17) is 16.3 Å². The van der Waals surface area contributed by atoms with Crippen LogP contribution in [0.1, 0.15) is 27.2 Å². The van der Waals surface area contributed by atoms with Crippen molar-refractivity contribution in [2.24, 2.45) is 5.10 Å². The van der Waals surface area contributed by atoms with Gasteiger partial charge in [0.1, 0.15) is 0 Å². The summed E-state index contributed by atoms with van der Waals surface area (Å²) in [5.41, 5.74) is 2.75. The molecular weight excluding hydrogens is 232 g/mol. The molecule has 94 valence electrons. The molecule has 0 bridgehead atoms. The summed E-state index contributed by atoms with van der Waals surface area (Å²) in [5.74, 6) is -0.630. The summed E-state index contributed by atoms with van der Waals surface area (Å²) in [4.78, 5) is 11.1. The molecule has 0 radical (unpaired) electrons. The number of nitrogens with one attached hydrogen (secondary N) is 1. The maximum Gasteiger partial charge on any atom is 0.370 e. The molecule has 0 amide bonds. The van der Waals surface area contributed by atoms with Crippen molar-refractivity contribution in [2.45, 2.75) is 39.3 Å². The summed E-state index contributed by atoms with van der Waals surface area (Å²) in [6.45, 7) is 5.88. The normalized spacial score (nSPS) is 15.4. The molecule has 0 aliphatic carbocycles. The Hall–Kier alpha value is -0.810. The number of hydrazone groups is 1. The van der Waals surface area contributed by atoms with E-state index in [1.54, 1.807) is 14.0 Å².